The third kappa shape index (κ3) is 2.76. The number of ether oxygens (including phenoxy) is 1. The Hall–Kier alpha value is -3.42. The fourth-order valence-electron chi connectivity index (χ4n) is 2.21. The fourth-order valence-corrected chi connectivity index (χ4v) is 2.21. The Morgan fingerprint density at radius 3 is 2.54 bits per heavy atom. The Kier molecular flexibility index (Phi) is 3.87. The zero-order valence-corrected chi connectivity index (χ0v) is 12.9. The molecule has 120 valence electrons. The van der Waals surface area contributed by atoms with E-state index in [0.717, 1.165) is 6.08 Å². The highest BCUT2D eigenvalue weighted by molar-refractivity contribution is 6.24. The summed E-state index contributed by atoms with van der Waals surface area (Å²) in [5.74, 6) is -1.02. The molecule has 0 aromatic carbocycles. The SMILES string of the molecule is COc1cnc(-c2ccc3c(n2)C(=O)C(NC(C)=O)=CC3=O)cn1. The van der Waals surface area contributed by atoms with Gasteiger partial charge in [0.05, 0.1) is 36.5 Å². The number of allylic oxidation sites excluding steroid dienone is 2. The summed E-state index contributed by atoms with van der Waals surface area (Å²) in [4.78, 5) is 48.1. The molecule has 2 heterocycles. The van der Waals surface area contributed by atoms with Crippen LogP contribution in [0.25, 0.3) is 11.4 Å². The van der Waals surface area contributed by atoms with Crippen LogP contribution in [0.5, 0.6) is 5.88 Å². The third-order valence-electron chi connectivity index (χ3n) is 3.31. The van der Waals surface area contributed by atoms with E-state index >= 15 is 0 Å². The Morgan fingerprint density at radius 2 is 1.92 bits per heavy atom. The zero-order valence-electron chi connectivity index (χ0n) is 12.9. The van der Waals surface area contributed by atoms with Crippen LogP contribution < -0.4 is 10.1 Å². The number of hydrogen-bond acceptors (Lipinski definition) is 7. The molecule has 8 heteroatoms. The molecule has 0 unspecified atom stereocenters. The number of Topliss-reactive ketones (excluding diaryl/α,β-unsaturated/α-hetero) is 1. The van der Waals surface area contributed by atoms with Crippen LogP contribution in [-0.4, -0.2) is 39.5 Å². The van der Waals surface area contributed by atoms with E-state index in [1.807, 2.05) is 0 Å². The average molecular weight is 324 g/mol. The van der Waals surface area contributed by atoms with Crippen molar-refractivity contribution in [2.45, 2.75) is 6.92 Å². The van der Waals surface area contributed by atoms with E-state index in [4.69, 9.17) is 4.74 Å². The van der Waals surface area contributed by atoms with E-state index in [0.29, 0.717) is 17.3 Å². The topological polar surface area (TPSA) is 111 Å². The van der Waals surface area contributed by atoms with Gasteiger partial charge in [0.2, 0.25) is 17.6 Å². The number of rotatable bonds is 3. The number of carbonyl (C=O) groups excluding carboxylic acids is 3. The van der Waals surface area contributed by atoms with Crippen LogP contribution in [0, 0.1) is 0 Å². The van der Waals surface area contributed by atoms with Gasteiger partial charge in [0.1, 0.15) is 11.4 Å². The number of hydrogen-bond donors (Lipinski definition) is 1. The molecule has 1 amide bonds. The van der Waals surface area contributed by atoms with Crippen LogP contribution in [0.4, 0.5) is 0 Å². The summed E-state index contributed by atoms with van der Waals surface area (Å²) in [7, 11) is 1.47. The number of fused-ring (bicyclic) bond motifs is 1. The first kappa shape index (κ1) is 15.5. The summed E-state index contributed by atoms with van der Waals surface area (Å²) in [6.07, 6.45) is 3.97. The van der Waals surface area contributed by atoms with E-state index in [9.17, 15) is 14.4 Å². The maximum atomic E-state index is 12.4. The van der Waals surface area contributed by atoms with E-state index in [-0.39, 0.29) is 17.0 Å². The largest absolute Gasteiger partial charge is 0.480 e. The van der Waals surface area contributed by atoms with Crippen LogP contribution in [0.3, 0.4) is 0 Å². The summed E-state index contributed by atoms with van der Waals surface area (Å²) in [6, 6.07) is 3.09. The number of nitrogens with zero attached hydrogens (tertiary/aromatic N) is 3. The number of carbonyl (C=O) groups is 3. The van der Waals surface area contributed by atoms with E-state index in [1.54, 1.807) is 6.07 Å². The second-order valence-electron chi connectivity index (χ2n) is 4.97. The van der Waals surface area contributed by atoms with Crippen LogP contribution in [0.15, 0.2) is 36.3 Å². The molecule has 24 heavy (non-hydrogen) atoms. The molecule has 8 nitrogen and oxygen atoms in total. The summed E-state index contributed by atoms with van der Waals surface area (Å²) >= 11 is 0. The average Bonchev–Trinajstić information content (AvgIpc) is 2.58. The minimum absolute atomic E-state index is 0.0265. The molecule has 1 aliphatic carbocycles. The summed E-state index contributed by atoms with van der Waals surface area (Å²) < 4.78 is 4.94. The van der Waals surface area contributed by atoms with Gasteiger partial charge in [-0.1, -0.05) is 0 Å². The van der Waals surface area contributed by atoms with Crippen molar-refractivity contribution < 1.29 is 19.1 Å². The molecule has 0 bridgehead atoms. The maximum absolute atomic E-state index is 12.4. The molecule has 0 aliphatic heterocycles. The van der Waals surface area contributed by atoms with Crippen molar-refractivity contribution in [3.63, 3.8) is 0 Å². The van der Waals surface area contributed by atoms with Gasteiger partial charge in [-0.2, -0.15) is 0 Å². The van der Waals surface area contributed by atoms with Crippen molar-refractivity contribution in [3.05, 3.63) is 47.6 Å². The molecule has 0 fully saturated rings. The lowest BCUT2D eigenvalue weighted by molar-refractivity contribution is -0.118. The van der Waals surface area contributed by atoms with Gasteiger partial charge in [0.25, 0.3) is 0 Å². The molecule has 2 aromatic heterocycles. The second kappa shape index (κ2) is 5.99. The first-order valence-electron chi connectivity index (χ1n) is 6.95. The van der Waals surface area contributed by atoms with Crippen molar-refractivity contribution in [3.8, 4) is 17.3 Å². The van der Waals surface area contributed by atoms with Gasteiger partial charge < -0.3 is 10.1 Å². The lowest BCUT2D eigenvalue weighted by Crippen LogP contribution is -2.30. The van der Waals surface area contributed by atoms with E-state index in [1.165, 1.54) is 32.5 Å². The summed E-state index contributed by atoms with van der Waals surface area (Å²) in [5.41, 5.74) is 0.870. The van der Waals surface area contributed by atoms with Gasteiger partial charge in [-0.05, 0) is 12.1 Å². The monoisotopic (exact) mass is 324 g/mol. The minimum Gasteiger partial charge on any atom is -0.480 e. The van der Waals surface area contributed by atoms with E-state index in [2.05, 4.69) is 20.3 Å². The lowest BCUT2D eigenvalue weighted by atomic mass is 9.96. The standard InChI is InChI=1S/C16H12N4O4/c1-8(21)19-11-5-13(22)9-3-4-10(20-15(9)16(11)23)12-6-18-14(24-2)7-17-12/h3-7H,1-2H3,(H,19,21). The predicted molar refractivity (Wildman–Crippen MR) is 82.4 cm³/mol. The first-order chi connectivity index (χ1) is 11.5. The molecule has 0 atom stereocenters. The van der Waals surface area contributed by atoms with Gasteiger partial charge in [-0.3, -0.25) is 14.4 Å². The number of ketones is 2. The molecule has 0 saturated heterocycles. The molecule has 0 radical (unpaired) electrons. The number of methoxy groups -OCH3 is 1. The molecule has 0 saturated carbocycles. The number of aromatic nitrogens is 3. The van der Waals surface area contributed by atoms with Crippen LogP contribution in [-0.2, 0) is 4.79 Å². The lowest BCUT2D eigenvalue weighted by Gasteiger charge is -2.15. The zero-order chi connectivity index (χ0) is 17.3. The third-order valence-corrected chi connectivity index (χ3v) is 3.31. The fraction of sp³-hybridized carbons (Fsp3) is 0.125. The predicted octanol–water partition coefficient (Wildman–Crippen LogP) is 0.946. The highest BCUT2D eigenvalue weighted by Crippen LogP contribution is 2.23. The first-order valence-corrected chi connectivity index (χ1v) is 6.95. The van der Waals surface area contributed by atoms with Gasteiger partial charge in [-0.15, -0.1) is 0 Å². The normalized spacial score (nSPS) is 13.2. The molecule has 3 rings (SSSR count). The van der Waals surface area contributed by atoms with Gasteiger partial charge >= 0.3 is 0 Å². The van der Waals surface area contributed by atoms with Crippen molar-refractivity contribution in [2.24, 2.45) is 0 Å². The Labute approximate surface area is 136 Å². The van der Waals surface area contributed by atoms with Gasteiger partial charge in [0, 0.05) is 13.0 Å². The Bertz CT molecular complexity index is 887. The van der Waals surface area contributed by atoms with Crippen molar-refractivity contribution >= 4 is 17.5 Å². The van der Waals surface area contributed by atoms with Crippen molar-refractivity contribution in [1.29, 1.82) is 0 Å². The second-order valence-corrected chi connectivity index (χ2v) is 4.97. The Balaban J connectivity index is 2.02. The number of amides is 1. The number of nitrogens with one attached hydrogen (secondary N) is 1. The Morgan fingerprint density at radius 1 is 1.12 bits per heavy atom. The highest BCUT2D eigenvalue weighted by atomic mass is 16.5. The molecule has 1 N–H and O–H groups in total. The smallest absolute Gasteiger partial charge is 0.232 e. The van der Waals surface area contributed by atoms with Crippen molar-refractivity contribution in [2.75, 3.05) is 7.11 Å². The van der Waals surface area contributed by atoms with E-state index < -0.39 is 17.5 Å². The number of pyridine rings is 1. The van der Waals surface area contributed by atoms with Crippen LogP contribution >= 0.6 is 0 Å². The molecule has 0 spiro atoms. The summed E-state index contributed by atoms with van der Waals surface area (Å²) in [6.45, 7) is 1.25. The van der Waals surface area contributed by atoms with Gasteiger partial charge in [0.15, 0.2) is 5.78 Å². The van der Waals surface area contributed by atoms with Crippen molar-refractivity contribution in [1.82, 2.24) is 20.3 Å². The van der Waals surface area contributed by atoms with Crippen LogP contribution in [0.2, 0.25) is 0 Å². The maximum Gasteiger partial charge on any atom is 0.232 e. The van der Waals surface area contributed by atoms with Gasteiger partial charge in [-0.25, -0.2) is 15.0 Å². The minimum atomic E-state index is -0.525. The molecular weight excluding hydrogens is 312 g/mol. The summed E-state index contributed by atoms with van der Waals surface area (Å²) in [5, 5.41) is 2.34. The highest BCUT2D eigenvalue weighted by Gasteiger charge is 2.28. The van der Waals surface area contributed by atoms with Crippen LogP contribution in [0.1, 0.15) is 27.8 Å². The quantitative estimate of drug-likeness (QED) is 0.894. The molecule has 2 aromatic rings. The molecular formula is C16H12N4O4. The molecule has 1 aliphatic rings.